The molecule has 4 nitrogen and oxygen atoms in total. The van der Waals surface area contributed by atoms with Crippen LogP contribution in [0.25, 0.3) is 11.1 Å². The van der Waals surface area contributed by atoms with Gasteiger partial charge in [-0.15, -0.1) is 0 Å². The van der Waals surface area contributed by atoms with Gasteiger partial charge in [0.1, 0.15) is 5.75 Å². The third kappa shape index (κ3) is 2.32. The second-order valence-electron chi connectivity index (χ2n) is 3.97. The number of aryl methyl sites for hydroxylation is 1. The van der Waals surface area contributed by atoms with Crippen LogP contribution in [0.4, 0.5) is 0 Å². The molecule has 0 bridgehead atoms. The minimum absolute atomic E-state index is 0.269. The molecule has 0 saturated heterocycles. The van der Waals surface area contributed by atoms with Crippen molar-refractivity contribution in [2.24, 2.45) is 0 Å². The number of carboxylic acid groups (broad SMARTS) is 1. The number of benzene rings is 1. The van der Waals surface area contributed by atoms with Gasteiger partial charge >= 0.3 is 5.97 Å². The Kier molecular flexibility index (Phi) is 3.28. The number of hydrogen-bond acceptors (Lipinski definition) is 3. The average Bonchev–Trinajstić information content (AvgIpc) is 2.38. The van der Waals surface area contributed by atoms with Gasteiger partial charge in [-0.05, 0) is 24.6 Å². The summed E-state index contributed by atoms with van der Waals surface area (Å²) in [4.78, 5) is 15.3. The van der Waals surface area contributed by atoms with E-state index < -0.39 is 5.97 Å². The molecule has 0 fully saturated rings. The topological polar surface area (TPSA) is 59.4 Å². The van der Waals surface area contributed by atoms with Crippen molar-refractivity contribution in [3.8, 4) is 16.9 Å². The molecule has 0 aliphatic heterocycles. The summed E-state index contributed by atoms with van der Waals surface area (Å²) < 4.78 is 5.09. The molecule has 0 atom stereocenters. The summed E-state index contributed by atoms with van der Waals surface area (Å²) in [5, 5.41) is 9.23. The Bertz CT molecular complexity index is 593. The van der Waals surface area contributed by atoms with Crippen molar-refractivity contribution < 1.29 is 14.6 Å². The minimum atomic E-state index is -0.948. The molecule has 1 N–H and O–H groups in total. The number of methoxy groups -OCH3 is 1. The zero-order chi connectivity index (χ0) is 13.1. The van der Waals surface area contributed by atoms with Crippen LogP contribution in [-0.4, -0.2) is 23.2 Å². The molecule has 1 heterocycles. The van der Waals surface area contributed by atoms with Gasteiger partial charge < -0.3 is 9.84 Å². The number of hydrogen-bond donors (Lipinski definition) is 1. The lowest BCUT2D eigenvalue weighted by atomic mass is 9.99. The number of rotatable bonds is 3. The molecule has 0 aliphatic rings. The molecule has 1 aromatic heterocycles. The van der Waals surface area contributed by atoms with Crippen LogP contribution in [0.3, 0.4) is 0 Å². The number of aromatic carboxylic acids is 1. The van der Waals surface area contributed by atoms with E-state index in [1.165, 1.54) is 0 Å². The second-order valence-corrected chi connectivity index (χ2v) is 3.97. The number of ether oxygens (including phenoxy) is 1. The molecule has 0 saturated carbocycles. The van der Waals surface area contributed by atoms with E-state index in [2.05, 4.69) is 4.98 Å². The molecule has 4 heteroatoms. The highest BCUT2D eigenvalue weighted by Crippen LogP contribution is 2.26. The van der Waals surface area contributed by atoms with Crippen molar-refractivity contribution in [1.29, 1.82) is 0 Å². The van der Waals surface area contributed by atoms with E-state index in [-0.39, 0.29) is 5.56 Å². The lowest BCUT2D eigenvalue weighted by Crippen LogP contribution is -2.00. The fraction of sp³-hybridized carbons (Fsp3) is 0.143. The van der Waals surface area contributed by atoms with E-state index in [1.54, 1.807) is 37.7 Å². The van der Waals surface area contributed by atoms with Crippen molar-refractivity contribution >= 4 is 5.97 Å². The number of pyridine rings is 1. The molecule has 2 rings (SSSR count). The first-order valence-corrected chi connectivity index (χ1v) is 5.45. The zero-order valence-electron chi connectivity index (χ0n) is 10.2. The molecular weight excluding hydrogens is 230 g/mol. The quantitative estimate of drug-likeness (QED) is 0.900. The maximum atomic E-state index is 11.3. The van der Waals surface area contributed by atoms with Crippen LogP contribution < -0.4 is 4.74 Å². The Morgan fingerprint density at radius 3 is 2.72 bits per heavy atom. The molecule has 92 valence electrons. The van der Waals surface area contributed by atoms with Crippen molar-refractivity contribution in [3.05, 3.63) is 47.8 Å². The highest BCUT2D eigenvalue weighted by molar-refractivity contribution is 5.96. The van der Waals surface area contributed by atoms with Crippen molar-refractivity contribution in [2.45, 2.75) is 6.92 Å². The number of carboxylic acids is 1. The SMILES string of the molecule is COc1cncc(-c2ccc(C)cc2C(=O)O)c1. The van der Waals surface area contributed by atoms with Gasteiger partial charge in [0, 0.05) is 11.8 Å². The van der Waals surface area contributed by atoms with Gasteiger partial charge in [0.2, 0.25) is 0 Å². The van der Waals surface area contributed by atoms with E-state index in [4.69, 9.17) is 4.74 Å². The van der Waals surface area contributed by atoms with Crippen LogP contribution in [0.15, 0.2) is 36.7 Å². The van der Waals surface area contributed by atoms with Gasteiger partial charge in [-0.25, -0.2) is 4.79 Å². The first-order chi connectivity index (χ1) is 8.61. The van der Waals surface area contributed by atoms with Gasteiger partial charge in [-0.1, -0.05) is 17.7 Å². The van der Waals surface area contributed by atoms with E-state index in [0.29, 0.717) is 11.3 Å². The van der Waals surface area contributed by atoms with Gasteiger partial charge in [0.25, 0.3) is 0 Å². The van der Waals surface area contributed by atoms with Crippen molar-refractivity contribution in [2.75, 3.05) is 7.11 Å². The molecule has 0 spiro atoms. The Hall–Kier alpha value is -2.36. The van der Waals surface area contributed by atoms with Crippen LogP contribution in [0.2, 0.25) is 0 Å². The summed E-state index contributed by atoms with van der Waals surface area (Å²) in [6.45, 7) is 1.86. The molecule has 2 aromatic rings. The predicted molar refractivity (Wildman–Crippen MR) is 67.9 cm³/mol. The van der Waals surface area contributed by atoms with Gasteiger partial charge in [0.15, 0.2) is 0 Å². The molecule has 0 amide bonds. The first kappa shape index (κ1) is 12.1. The van der Waals surface area contributed by atoms with Gasteiger partial charge in [-0.3, -0.25) is 4.98 Å². The van der Waals surface area contributed by atoms with Gasteiger partial charge in [0.05, 0.1) is 18.9 Å². The second kappa shape index (κ2) is 4.87. The summed E-state index contributed by atoms with van der Waals surface area (Å²) in [5.74, 6) is -0.346. The van der Waals surface area contributed by atoms with Crippen molar-refractivity contribution in [1.82, 2.24) is 4.98 Å². The van der Waals surface area contributed by atoms with Crippen LogP contribution in [-0.2, 0) is 0 Å². The first-order valence-electron chi connectivity index (χ1n) is 5.45. The Morgan fingerprint density at radius 1 is 1.28 bits per heavy atom. The van der Waals surface area contributed by atoms with E-state index in [9.17, 15) is 9.90 Å². The smallest absolute Gasteiger partial charge is 0.336 e. The number of nitrogens with zero attached hydrogens (tertiary/aromatic N) is 1. The normalized spacial score (nSPS) is 10.1. The maximum absolute atomic E-state index is 11.3. The Labute approximate surface area is 105 Å². The number of carbonyl (C=O) groups is 1. The highest BCUT2D eigenvalue weighted by atomic mass is 16.5. The molecule has 0 radical (unpaired) electrons. The lowest BCUT2D eigenvalue weighted by Gasteiger charge is -2.08. The van der Waals surface area contributed by atoms with Crippen molar-refractivity contribution in [3.63, 3.8) is 0 Å². The van der Waals surface area contributed by atoms with E-state index in [1.807, 2.05) is 13.0 Å². The summed E-state index contributed by atoms with van der Waals surface area (Å²) in [5.41, 5.74) is 2.54. The average molecular weight is 243 g/mol. The van der Waals surface area contributed by atoms with Gasteiger partial charge in [-0.2, -0.15) is 0 Å². The standard InChI is InChI=1S/C14H13NO3/c1-9-3-4-12(13(5-9)14(16)17)10-6-11(18-2)8-15-7-10/h3-8H,1-2H3,(H,16,17). The fourth-order valence-electron chi connectivity index (χ4n) is 1.76. The minimum Gasteiger partial charge on any atom is -0.495 e. The van der Waals surface area contributed by atoms with Crippen LogP contribution in [0.5, 0.6) is 5.75 Å². The summed E-state index contributed by atoms with van der Waals surface area (Å²) in [6.07, 6.45) is 3.21. The fourth-order valence-corrected chi connectivity index (χ4v) is 1.76. The monoisotopic (exact) mass is 243 g/mol. The van der Waals surface area contributed by atoms with Crippen LogP contribution in [0, 0.1) is 6.92 Å². The van der Waals surface area contributed by atoms with Crippen LogP contribution >= 0.6 is 0 Å². The lowest BCUT2D eigenvalue weighted by molar-refractivity contribution is 0.0697. The highest BCUT2D eigenvalue weighted by Gasteiger charge is 2.12. The van der Waals surface area contributed by atoms with E-state index >= 15 is 0 Å². The molecule has 0 aliphatic carbocycles. The van der Waals surface area contributed by atoms with Crippen LogP contribution in [0.1, 0.15) is 15.9 Å². The molecular formula is C14H13NO3. The third-order valence-electron chi connectivity index (χ3n) is 2.67. The van der Waals surface area contributed by atoms with E-state index in [0.717, 1.165) is 11.1 Å². The summed E-state index contributed by atoms with van der Waals surface area (Å²) >= 11 is 0. The third-order valence-corrected chi connectivity index (χ3v) is 2.67. The zero-order valence-corrected chi connectivity index (χ0v) is 10.2. The largest absolute Gasteiger partial charge is 0.495 e. The molecule has 18 heavy (non-hydrogen) atoms. The Morgan fingerprint density at radius 2 is 2.06 bits per heavy atom. The summed E-state index contributed by atoms with van der Waals surface area (Å²) in [7, 11) is 1.55. The molecule has 0 unspecified atom stereocenters. The Balaban J connectivity index is 2.59. The number of aromatic nitrogens is 1. The predicted octanol–water partition coefficient (Wildman–Crippen LogP) is 2.76. The maximum Gasteiger partial charge on any atom is 0.336 e. The molecule has 1 aromatic carbocycles. The summed E-state index contributed by atoms with van der Waals surface area (Å²) in [6, 6.07) is 7.08.